The molecule has 1 aliphatic carbocycles. The first-order valence-corrected chi connectivity index (χ1v) is 9.27. The number of imidazole rings is 1. The molecule has 0 bridgehead atoms. The first-order chi connectivity index (χ1) is 10.5. The van der Waals surface area contributed by atoms with Gasteiger partial charge in [-0.2, -0.15) is 4.31 Å². The number of aryl methyl sites for hydroxylation is 1. The second kappa shape index (κ2) is 6.00. The molecule has 0 spiro atoms. The molecule has 1 atom stereocenters. The van der Waals surface area contributed by atoms with Crippen molar-refractivity contribution >= 4 is 15.9 Å². The molecule has 0 radical (unpaired) electrons. The zero-order valence-corrected chi connectivity index (χ0v) is 13.6. The number of aromatic nitrogens is 2. The summed E-state index contributed by atoms with van der Waals surface area (Å²) in [4.78, 5) is 16.2. The van der Waals surface area contributed by atoms with E-state index >= 15 is 0 Å². The fraction of sp³-hybridized carbons (Fsp3) is 0.714. The van der Waals surface area contributed by atoms with E-state index in [0.717, 1.165) is 19.3 Å². The first kappa shape index (κ1) is 15.5. The highest BCUT2D eigenvalue weighted by Crippen LogP contribution is 2.25. The number of sulfonamides is 1. The highest BCUT2D eigenvalue weighted by molar-refractivity contribution is 7.89. The van der Waals surface area contributed by atoms with E-state index in [1.165, 1.54) is 10.6 Å². The van der Waals surface area contributed by atoms with Crippen LogP contribution in [-0.2, 0) is 21.4 Å². The third-order valence-electron chi connectivity index (χ3n) is 4.26. The Morgan fingerprint density at radius 3 is 2.82 bits per heavy atom. The molecule has 2 heterocycles. The van der Waals surface area contributed by atoms with Crippen LogP contribution in [0.1, 0.15) is 32.6 Å². The fourth-order valence-corrected chi connectivity index (χ4v) is 4.16. The van der Waals surface area contributed by atoms with Crippen molar-refractivity contribution in [3.8, 4) is 0 Å². The fourth-order valence-electron chi connectivity index (χ4n) is 2.70. The molecule has 22 heavy (non-hydrogen) atoms. The smallest absolute Gasteiger partial charge is 0.262 e. The highest BCUT2D eigenvalue weighted by Gasteiger charge is 2.36. The third kappa shape index (κ3) is 3.17. The van der Waals surface area contributed by atoms with Gasteiger partial charge in [0.15, 0.2) is 5.03 Å². The molecule has 1 saturated heterocycles. The molecule has 1 aliphatic heterocycles. The zero-order chi connectivity index (χ0) is 15.7. The number of hydrogen-bond donors (Lipinski definition) is 1. The number of hydrogen-bond acceptors (Lipinski definition) is 4. The average Bonchev–Trinajstić information content (AvgIpc) is 3.19. The monoisotopic (exact) mass is 326 g/mol. The maximum atomic E-state index is 12.6. The van der Waals surface area contributed by atoms with Gasteiger partial charge in [-0.15, -0.1) is 0 Å². The van der Waals surface area contributed by atoms with E-state index in [0.29, 0.717) is 25.6 Å². The lowest BCUT2D eigenvalue weighted by Gasteiger charge is -2.30. The maximum absolute atomic E-state index is 12.6. The lowest BCUT2D eigenvalue weighted by molar-refractivity contribution is -0.126. The van der Waals surface area contributed by atoms with Gasteiger partial charge in [0.25, 0.3) is 10.0 Å². The molecule has 122 valence electrons. The summed E-state index contributed by atoms with van der Waals surface area (Å²) in [5.41, 5.74) is 0. The molecule has 2 fully saturated rings. The Balaban J connectivity index is 1.71. The number of rotatable bonds is 5. The SMILES string of the molecule is CCn1cnc(S(=O)(=O)N2CCCC(C(=O)NC3CC3)C2)c1. The van der Waals surface area contributed by atoms with E-state index in [2.05, 4.69) is 10.3 Å². The normalized spacial score (nSPS) is 23.4. The summed E-state index contributed by atoms with van der Waals surface area (Å²) in [6, 6.07) is 0.305. The zero-order valence-electron chi connectivity index (χ0n) is 12.7. The summed E-state index contributed by atoms with van der Waals surface area (Å²) in [6.07, 6.45) is 6.59. The van der Waals surface area contributed by atoms with Crippen LogP contribution in [0.4, 0.5) is 0 Å². The molecule has 1 amide bonds. The van der Waals surface area contributed by atoms with E-state index in [1.807, 2.05) is 6.92 Å². The summed E-state index contributed by atoms with van der Waals surface area (Å²) in [5.74, 6) is -0.265. The van der Waals surface area contributed by atoms with Crippen molar-refractivity contribution in [3.63, 3.8) is 0 Å². The van der Waals surface area contributed by atoms with Crippen molar-refractivity contribution in [2.24, 2.45) is 5.92 Å². The minimum atomic E-state index is -3.61. The van der Waals surface area contributed by atoms with Gasteiger partial charge in [0.05, 0.1) is 12.2 Å². The van der Waals surface area contributed by atoms with E-state index in [-0.39, 0.29) is 23.4 Å². The average molecular weight is 326 g/mol. The predicted octanol–water partition coefficient (Wildman–Crippen LogP) is 0.582. The second-order valence-corrected chi connectivity index (χ2v) is 7.91. The minimum absolute atomic E-state index is 0.0125. The van der Waals surface area contributed by atoms with Gasteiger partial charge in [-0.05, 0) is 32.6 Å². The van der Waals surface area contributed by atoms with Crippen LogP contribution < -0.4 is 5.32 Å². The molecule has 2 aliphatic rings. The quantitative estimate of drug-likeness (QED) is 0.858. The van der Waals surface area contributed by atoms with Gasteiger partial charge < -0.3 is 9.88 Å². The lowest BCUT2D eigenvalue weighted by atomic mass is 9.99. The predicted molar refractivity (Wildman–Crippen MR) is 80.5 cm³/mol. The maximum Gasteiger partial charge on any atom is 0.262 e. The molecule has 8 heteroatoms. The Morgan fingerprint density at radius 2 is 2.18 bits per heavy atom. The van der Waals surface area contributed by atoms with Gasteiger partial charge in [0, 0.05) is 31.9 Å². The van der Waals surface area contributed by atoms with Crippen LogP contribution >= 0.6 is 0 Å². The lowest BCUT2D eigenvalue weighted by Crippen LogP contribution is -2.45. The number of carbonyl (C=O) groups excluding carboxylic acids is 1. The Bertz CT molecular complexity index is 651. The Morgan fingerprint density at radius 1 is 1.41 bits per heavy atom. The largest absolute Gasteiger partial charge is 0.353 e. The van der Waals surface area contributed by atoms with Gasteiger partial charge in [-0.1, -0.05) is 0 Å². The second-order valence-electron chi connectivity index (χ2n) is 6.03. The third-order valence-corrected chi connectivity index (χ3v) is 6.01. The number of carbonyl (C=O) groups is 1. The molecule has 1 aromatic rings. The van der Waals surface area contributed by atoms with Crippen molar-refractivity contribution in [1.82, 2.24) is 19.2 Å². The van der Waals surface area contributed by atoms with E-state index in [1.54, 1.807) is 10.8 Å². The topological polar surface area (TPSA) is 84.3 Å². The standard InChI is InChI=1S/C14H22N4O3S/c1-2-17-9-13(15-10-17)22(20,21)18-7-3-4-11(8-18)14(19)16-12-5-6-12/h9-12H,2-8H2,1H3,(H,16,19). The summed E-state index contributed by atoms with van der Waals surface area (Å²) in [6.45, 7) is 3.31. The summed E-state index contributed by atoms with van der Waals surface area (Å²) in [7, 11) is -3.61. The summed E-state index contributed by atoms with van der Waals surface area (Å²) < 4.78 is 28.4. The van der Waals surface area contributed by atoms with Crippen LogP contribution in [0.25, 0.3) is 0 Å². The van der Waals surface area contributed by atoms with Gasteiger partial charge in [0.2, 0.25) is 5.91 Å². The Labute approximate surface area is 130 Å². The Hall–Kier alpha value is -1.41. The van der Waals surface area contributed by atoms with Crippen LogP contribution in [0, 0.1) is 5.92 Å². The molecule has 1 aromatic heterocycles. The number of nitrogens with zero attached hydrogens (tertiary/aromatic N) is 3. The van der Waals surface area contributed by atoms with Crippen molar-refractivity contribution in [1.29, 1.82) is 0 Å². The number of amides is 1. The van der Waals surface area contributed by atoms with E-state index < -0.39 is 10.0 Å². The van der Waals surface area contributed by atoms with Crippen LogP contribution in [0.15, 0.2) is 17.6 Å². The van der Waals surface area contributed by atoms with Crippen LogP contribution in [0.3, 0.4) is 0 Å². The van der Waals surface area contributed by atoms with Crippen LogP contribution in [-0.4, -0.2) is 47.3 Å². The summed E-state index contributed by atoms with van der Waals surface area (Å²) in [5, 5.41) is 3.04. The number of piperidine rings is 1. The number of nitrogens with one attached hydrogen (secondary N) is 1. The van der Waals surface area contributed by atoms with Crippen molar-refractivity contribution < 1.29 is 13.2 Å². The van der Waals surface area contributed by atoms with Gasteiger partial charge in [-0.3, -0.25) is 4.79 Å². The van der Waals surface area contributed by atoms with Crippen molar-refractivity contribution in [3.05, 3.63) is 12.5 Å². The molecule has 0 aromatic carbocycles. The molecule has 1 saturated carbocycles. The van der Waals surface area contributed by atoms with Gasteiger partial charge in [-0.25, -0.2) is 13.4 Å². The van der Waals surface area contributed by atoms with Crippen molar-refractivity contribution in [2.75, 3.05) is 13.1 Å². The first-order valence-electron chi connectivity index (χ1n) is 7.83. The minimum Gasteiger partial charge on any atom is -0.353 e. The van der Waals surface area contributed by atoms with Crippen molar-refractivity contribution in [2.45, 2.75) is 50.2 Å². The molecule has 7 nitrogen and oxygen atoms in total. The molecule has 1 unspecified atom stereocenters. The van der Waals surface area contributed by atoms with Gasteiger partial charge in [0.1, 0.15) is 0 Å². The molecule has 1 N–H and O–H groups in total. The van der Waals surface area contributed by atoms with Crippen LogP contribution in [0.5, 0.6) is 0 Å². The molecular formula is C14H22N4O3S. The van der Waals surface area contributed by atoms with E-state index in [4.69, 9.17) is 0 Å². The van der Waals surface area contributed by atoms with Gasteiger partial charge >= 0.3 is 0 Å². The summed E-state index contributed by atoms with van der Waals surface area (Å²) >= 11 is 0. The highest BCUT2D eigenvalue weighted by atomic mass is 32.2. The molecular weight excluding hydrogens is 304 g/mol. The van der Waals surface area contributed by atoms with E-state index in [9.17, 15) is 13.2 Å². The van der Waals surface area contributed by atoms with Crippen LogP contribution in [0.2, 0.25) is 0 Å². The molecule has 3 rings (SSSR count). The Kier molecular flexibility index (Phi) is 4.22.